The highest BCUT2D eigenvalue weighted by Crippen LogP contribution is 2.43. The van der Waals surface area contributed by atoms with E-state index < -0.39 is 0 Å². The normalized spacial score (nSPS) is 18.5. The van der Waals surface area contributed by atoms with Crippen LogP contribution in [0.25, 0.3) is 11.4 Å². The van der Waals surface area contributed by atoms with Crippen molar-refractivity contribution < 1.29 is 0 Å². The van der Waals surface area contributed by atoms with Gasteiger partial charge in [-0.25, -0.2) is 0 Å². The third kappa shape index (κ3) is 2.42. The Morgan fingerprint density at radius 1 is 0.810 bits per heavy atom. The molecule has 0 saturated carbocycles. The molecule has 1 heterocycles. The molecule has 21 heavy (non-hydrogen) atoms. The molecule has 0 saturated heterocycles. The summed E-state index contributed by atoms with van der Waals surface area (Å²) in [6.45, 7) is 2.25. The van der Waals surface area contributed by atoms with Crippen LogP contribution >= 0.6 is 11.9 Å². The van der Waals surface area contributed by atoms with Gasteiger partial charge in [0.1, 0.15) is 6.17 Å². The van der Waals surface area contributed by atoms with E-state index in [1.165, 1.54) is 22.5 Å². The lowest BCUT2D eigenvalue weighted by Crippen LogP contribution is -2.31. The van der Waals surface area contributed by atoms with E-state index >= 15 is 0 Å². The number of rotatable bonds is 3. The van der Waals surface area contributed by atoms with Crippen LogP contribution in [0.3, 0.4) is 0 Å². The van der Waals surface area contributed by atoms with Gasteiger partial charge in [-0.1, -0.05) is 72.6 Å². The maximum Gasteiger partial charge on any atom is 0.109 e. The highest BCUT2D eigenvalue weighted by molar-refractivity contribution is 7.96. The average molecular weight is 296 g/mol. The Morgan fingerprint density at radius 2 is 1.29 bits per heavy atom. The first-order chi connectivity index (χ1) is 10.2. The van der Waals surface area contributed by atoms with Crippen molar-refractivity contribution >= 4 is 23.3 Å². The van der Waals surface area contributed by atoms with E-state index in [4.69, 9.17) is 0 Å². The largest absolute Gasteiger partial charge is 0.352 e. The predicted molar refractivity (Wildman–Crippen MR) is 92.3 cm³/mol. The smallest absolute Gasteiger partial charge is 0.109 e. The monoisotopic (exact) mass is 296 g/mol. The summed E-state index contributed by atoms with van der Waals surface area (Å²) in [7, 11) is 2.17. The van der Waals surface area contributed by atoms with Crippen molar-refractivity contribution in [2.24, 2.45) is 0 Å². The molecule has 0 aliphatic carbocycles. The van der Waals surface area contributed by atoms with Gasteiger partial charge >= 0.3 is 0 Å². The maximum absolute atomic E-state index is 2.39. The van der Waals surface area contributed by atoms with Crippen molar-refractivity contribution in [1.82, 2.24) is 9.21 Å². The summed E-state index contributed by atoms with van der Waals surface area (Å²) < 4.78 is 2.39. The van der Waals surface area contributed by atoms with E-state index in [1.54, 1.807) is 11.9 Å². The minimum absolute atomic E-state index is 0.338. The van der Waals surface area contributed by atoms with Gasteiger partial charge in [-0.05, 0) is 6.92 Å². The first-order valence-electron chi connectivity index (χ1n) is 7.15. The maximum atomic E-state index is 2.39. The van der Waals surface area contributed by atoms with Crippen LogP contribution in [-0.4, -0.2) is 28.7 Å². The highest BCUT2D eigenvalue weighted by atomic mass is 32.2. The second kappa shape index (κ2) is 5.86. The Kier molecular flexibility index (Phi) is 3.93. The molecule has 1 atom stereocenters. The van der Waals surface area contributed by atoms with Gasteiger partial charge in [0, 0.05) is 24.4 Å². The van der Waals surface area contributed by atoms with E-state index in [9.17, 15) is 0 Å². The van der Waals surface area contributed by atoms with Gasteiger partial charge in [-0.3, -0.25) is 4.31 Å². The third-order valence-corrected chi connectivity index (χ3v) is 4.87. The van der Waals surface area contributed by atoms with E-state index in [0.717, 1.165) is 0 Å². The zero-order valence-corrected chi connectivity index (χ0v) is 13.5. The van der Waals surface area contributed by atoms with Crippen molar-refractivity contribution in [3.63, 3.8) is 0 Å². The van der Waals surface area contributed by atoms with Crippen molar-refractivity contribution in [3.8, 4) is 0 Å². The highest BCUT2D eigenvalue weighted by Gasteiger charge is 2.34. The Hall–Kier alpha value is -1.87. The number of hydrogen-bond donors (Lipinski definition) is 0. The lowest BCUT2D eigenvalue weighted by Gasteiger charge is -2.27. The zero-order valence-electron chi connectivity index (χ0n) is 12.7. The van der Waals surface area contributed by atoms with Gasteiger partial charge in [-0.15, -0.1) is 0 Å². The third-order valence-electron chi connectivity index (χ3n) is 3.99. The van der Waals surface area contributed by atoms with E-state index in [1.807, 2.05) is 0 Å². The van der Waals surface area contributed by atoms with Crippen LogP contribution in [-0.2, 0) is 0 Å². The Morgan fingerprint density at radius 3 is 1.76 bits per heavy atom. The summed E-state index contributed by atoms with van der Waals surface area (Å²) in [6.07, 6.45) is 2.48. The predicted octanol–water partition coefficient (Wildman–Crippen LogP) is 4.38. The van der Waals surface area contributed by atoms with Gasteiger partial charge in [0.15, 0.2) is 0 Å². The van der Waals surface area contributed by atoms with Crippen LogP contribution in [0.4, 0.5) is 0 Å². The zero-order chi connectivity index (χ0) is 14.8. The molecule has 2 aromatic carbocycles. The number of hydrogen-bond acceptors (Lipinski definition) is 3. The first kappa shape index (κ1) is 14.1. The van der Waals surface area contributed by atoms with Crippen molar-refractivity contribution in [3.05, 3.63) is 71.8 Å². The Balaban J connectivity index is 2.21. The van der Waals surface area contributed by atoms with Crippen LogP contribution < -0.4 is 0 Å². The second-order valence-corrected chi connectivity index (χ2v) is 5.94. The van der Waals surface area contributed by atoms with E-state index in [-0.39, 0.29) is 0 Å². The summed E-state index contributed by atoms with van der Waals surface area (Å²) >= 11 is 1.78. The molecule has 0 aromatic heterocycles. The molecule has 2 aromatic rings. The van der Waals surface area contributed by atoms with Crippen LogP contribution in [0.1, 0.15) is 18.1 Å². The van der Waals surface area contributed by atoms with Crippen molar-refractivity contribution in [2.45, 2.75) is 13.1 Å². The van der Waals surface area contributed by atoms with Gasteiger partial charge in [0.25, 0.3) is 0 Å². The molecule has 1 aliphatic rings. The van der Waals surface area contributed by atoms with Crippen LogP contribution in [0, 0.1) is 0 Å². The molecule has 0 N–H and O–H groups in total. The van der Waals surface area contributed by atoms with E-state index in [2.05, 4.69) is 90.1 Å². The lowest BCUT2D eigenvalue weighted by molar-refractivity contribution is 0.302. The average Bonchev–Trinajstić information content (AvgIpc) is 2.80. The van der Waals surface area contributed by atoms with Gasteiger partial charge in [0.05, 0.1) is 11.4 Å². The van der Waals surface area contributed by atoms with Crippen molar-refractivity contribution in [1.29, 1.82) is 0 Å². The summed E-state index contributed by atoms with van der Waals surface area (Å²) in [5.74, 6) is 0. The van der Waals surface area contributed by atoms with Gasteiger partial charge in [0.2, 0.25) is 0 Å². The first-order valence-corrected chi connectivity index (χ1v) is 8.33. The van der Waals surface area contributed by atoms with Gasteiger partial charge in [-0.2, -0.15) is 0 Å². The van der Waals surface area contributed by atoms with E-state index in [0.29, 0.717) is 6.17 Å². The fourth-order valence-corrected chi connectivity index (χ4v) is 3.66. The molecule has 0 radical (unpaired) electrons. The Bertz CT molecular complexity index is 637. The molecule has 1 aliphatic heterocycles. The standard InChI is InChI=1S/C18H20N2S/c1-14-19(2)17(15-10-6-4-7-11-15)18(20(14)21-3)16-12-8-5-9-13-16/h4-14H,1-3H3. The molecule has 3 heteroatoms. The molecule has 108 valence electrons. The van der Waals surface area contributed by atoms with Crippen LogP contribution in [0.2, 0.25) is 0 Å². The number of nitrogens with zero attached hydrogens (tertiary/aromatic N) is 2. The molecule has 0 fully saturated rings. The molecule has 1 unspecified atom stereocenters. The summed E-state index contributed by atoms with van der Waals surface area (Å²) in [5.41, 5.74) is 5.12. The summed E-state index contributed by atoms with van der Waals surface area (Å²) in [4.78, 5) is 2.36. The van der Waals surface area contributed by atoms with Crippen LogP contribution in [0.5, 0.6) is 0 Å². The fraction of sp³-hybridized carbons (Fsp3) is 0.222. The molecule has 0 spiro atoms. The number of benzene rings is 2. The fourth-order valence-electron chi connectivity index (χ4n) is 2.84. The van der Waals surface area contributed by atoms with Crippen molar-refractivity contribution in [2.75, 3.05) is 13.3 Å². The second-order valence-electron chi connectivity index (χ2n) is 5.18. The lowest BCUT2D eigenvalue weighted by atomic mass is 10.1. The molecule has 3 rings (SSSR count). The molecule has 2 nitrogen and oxygen atoms in total. The molecular weight excluding hydrogens is 276 g/mol. The summed E-state index contributed by atoms with van der Waals surface area (Å²) in [5, 5.41) is 0. The molecular formula is C18H20N2S. The van der Waals surface area contributed by atoms with Crippen LogP contribution in [0.15, 0.2) is 60.7 Å². The Labute approximate surface area is 131 Å². The minimum Gasteiger partial charge on any atom is -0.352 e. The van der Waals surface area contributed by atoms with Gasteiger partial charge < -0.3 is 4.90 Å². The molecule has 0 amide bonds. The minimum atomic E-state index is 0.338. The molecule has 0 bridgehead atoms. The summed E-state index contributed by atoms with van der Waals surface area (Å²) in [6, 6.07) is 21.3. The quantitative estimate of drug-likeness (QED) is 0.776. The topological polar surface area (TPSA) is 6.48 Å². The SMILES string of the molecule is CSN1C(c2ccccc2)=C(c2ccccc2)N(C)C1C.